The van der Waals surface area contributed by atoms with Crippen molar-refractivity contribution in [1.82, 2.24) is 14.5 Å². The van der Waals surface area contributed by atoms with Gasteiger partial charge in [-0.2, -0.15) is 0 Å². The highest BCUT2D eigenvalue weighted by Gasteiger charge is 2.37. The monoisotopic (exact) mass is 301 g/mol. The summed E-state index contributed by atoms with van der Waals surface area (Å²) in [5, 5.41) is 9.16. The zero-order valence-electron chi connectivity index (χ0n) is 12.5. The topological polar surface area (TPSA) is 75.4 Å². The van der Waals surface area contributed by atoms with Crippen molar-refractivity contribution in [3.05, 3.63) is 30.6 Å². The van der Waals surface area contributed by atoms with Gasteiger partial charge in [-0.1, -0.05) is 12.1 Å². The molecule has 1 aromatic carbocycles. The molecular formula is C16H19N3O3. The number of rotatable bonds is 6. The molecule has 116 valence electrons. The molecule has 2 aromatic rings. The molecule has 3 rings (SSSR count). The summed E-state index contributed by atoms with van der Waals surface area (Å²) in [6.45, 7) is 2.08. The van der Waals surface area contributed by atoms with Crippen LogP contribution in [0.3, 0.4) is 0 Å². The van der Waals surface area contributed by atoms with Crippen LogP contribution in [-0.2, 0) is 16.1 Å². The Labute approximate surface area is 128 Å². The summed E-state index contributed by atoms with van der Waals surface area (Å²) in [6.07, 6.45) is 3.81. The number of carboxylic acid groups (broad SMARTS) is 1. The molecule has 22 heavy (non-hydrogen) atoms. The molecule has 1 atom stereocenters. The third-order valence-corrected chi connectivity index (χ3v) is 4.10. The van der Waals surface area contributed by atoms with Crippen molar-refractivity contribution >= 4 is 22.9 Å². The minimum Gasteiger partial charge on any atom is -0.480 e. The molecule has 1 saturated carbocycles. The van der Waals surface area contributed by atoms with E-state index in [9.17, 15) is 9.59 Å². The zero-order valence-corrected chi connectivity index (χ0v) is 12.5. The lowest BCUT2D eigenvalue weighted by Gasteiger charge is -2.26. The van der Waals surface area contributed by atoms with E-state index in [2.05, 4.69) is 4.98 Å². The van der Waals surface area contributed by atoms with E-state index in [0.717, 1.165) is 23.9 Å². The quantitative estimate of drug-likeness (QED) is 0.884. The fourth-order valence-corrected chi connectivity index (χ4v) is 2.74. The molecule has 1 amide bonds. The number of aryl methyl sites for hydroxylation is 1. The number of fused-ring (bicyclic) bond motifs is 1. The van der Waals surface area contributed by atoms with Crippen LogP contribution in [0.15, 0.2) is 30.6 Å². The van der Waals surface area contributed by atoms with E-state index < -0.39 is 12.0 Å². The molecule has 0 aliphatic heterocycles. The largest absolute Gasteiger partial charge is 0.480 e. The fraction of sp³-hybridized carbons (Fsp3) is 0.438. The molecule has 1 aliphatic carbocycles. The number of benzene rings is 1. The average molecular weight is 301 g/mol. The molecule has 0 spiro atoms. The van der Waals surface area contributed by atoms with Gasteiger partial charge in [0, 0.05) is 19.0 Å². The first kappa shape index (κ1) is 14.6. The Morgan fingerprint density at radius 2 is 2.14 bits per heavy atom. The fourth-order valence-electron chi connectivity index (χ4n) is 2.74. The van der Waals surface area contributed by atoms with E-state index in [4.69, 9.17) is 5.11 Å². The summed E-state index contributed by atoms with van der Waals surface area (Å²) in [6, 6.07) is 7.08. The van der Waals surface area contributed by atoms with Gasteiger partial charge in [-0.3, -0.25) is 4.79 Å². The number of hydrogen-bond acceptors (Lipinski definition) is 3. The Morgan fingerprint density at radius 3 is 2.82 bits per heavy atom. The number of carbonyl (C=O) groups is 2. The average Bonchev–Trinajstić information content (AvgIpc) is 3.25. The maximum absolute atomic E-state index is 12.4. The molecule has 6 heteroatoms. The third kappa shape index (κ3) is 2.81. The van der Waals surface area contributed by atoms with Gasteiger partial charge < -0.3 is 14.6 Å². The predicted molar refractivity (Wildman–Crippen MR) is 81.3 cm³/mol. The van der Waals surface area contributed by atoms with Gasteiger partial charge in [-0.25, -0.2) is 9.78 Å². The summed E-state index contributed by atoms with van der Waals surface area (Å²) in [4.78, 5) is 29.4. The first-order valence-electron chi connectivity index (χ1n) is 7.52. The second-order valence-corrected chi connectivity index (χ2v) is 5.72. The normalized spacial score (nSPS) is 15.7. The molecule has 6 nitrogen and oxygen atoms in total. The van der Waals surface area contributed by atoms with Crippen LogP contribution < -0.4 is 0 Å². The van der Waals surface area contributed by atoms with Gasteiger partial charge in [0.15, 0.2) is 0 Å². The van der Waals surface area contributed by atoms with Gasteiger partial charge in [0.05, 0.1) is 17.4 Å². The third-order valence-electron chi connectivity index (χ3n) is 4.10. The number of aliphatic carboxylic acids is 1. The molecule has 0 radical (unpaired) electrons. The number of aromatic nitrogens is 2. The highest BCUT2D eigenvalue weighted by atomic mass is 16.4. The van der Waals surface area contributed by atoms with Crippen molar-refractivity contribution in [3.63, 3.8) is 0 Å². The Balaban J connectivity index is 1.69. The van der Waals surface area contributed by atoms with E-state index in [1.807, 2.05) is 28.8 Å². The number of carbonyl (C=O) groups excluding carboxylic acids is 1. The van der Waals surface area contributed by atoms with E-state index in [1.165, 1.54) is 4.90 Å². The Bertz CT molecular complexity index is 705. The van der Waals surface area contributed by atoms with Gasteiger partial charge in [0.1, 0.15) is 6.04 Å². The highest BCUT2D eigenvalue weighted by Crippen LogP contribution is 2.29. The lowest BCUT2D eigenvalue weighted by Crippen LogP contribution is -2.44. The van der Waals surface area contributed by atoms with Gasteiger partial charge in [-0.15, -0.1) is 0 Å². The van der Waals surface area contributed by atoms with Crippen molar-refractivity contribution in [1.29, 1.82) is 0 Å². The van der Waals surface area contributed by atoms with Gasteiger partial charge in [0.25, 0.3) is 0 Å². The van der Waals surface area contributed by atoms with E-state index in [0.29, 0.717) is 6.54 Å². The van der Waals surface area contributed by atoms with Crippen LogP contribution in [0.25, 0.3) is 11.0 Å². The summed E-state index contributed by atoms with van der Waals surface area (Å²) < 4.78 is 1.93. The molecule has 1 unspecified atom stereocenters. The minimum atomic E-state index is -0.951. The first-order valence-corrected chi connectivity index (χ1v) is 7.52. The van der Waals surface area contributed by atoms with E-state index in [-0.39, 0.29) is 18.4 Å². The number of amides is 1. The maximum Gasteiger partial charge on any atom is 0.326 e. The number of nitrogens with zero attached hydrogens (tertiary/aromatic N) is 3. The first-order chi connectivity index (χ1) is 10.6. The van der Waals surface area contributed by atoms with Crippen LogP contribution in [0.1, 0.15) is 26.2 Å². The second kappa shape index (κ2) is 5.79. The minimum absolute atomic E-state index is 0.0955. The summed E-state index contributed by atoms with van der Waals surface area (Å²) in [5.74, 6) is -1.05. The van der Waals surface area contributed by atoms with Crippen LogP contribution in [0.2, 0.25) is 0 Å². The predicted octanol–water partition coefficient (Wildman–Crippen LogP) is 1.89. The van der Waals surface area contributed by atoms with Crippen molar-refractivity contribution in [3.8, 4) is 0 Å². The molecule has 1 aromatic heterocycles. The highest BCUT2D eigenvalue weighted by molar-refractivity contribution is 5.84. The number of para-hydroxylation sites is 2. The zero-order chi connectivity index (χ0) is 15.7. The summed E-state index contributed by atoms with van der Waals surface area (Å²) >= 11 is 0. The lowest BCUT2D eigenvalue weighted by atomic mass is 10.2. The smallest absolute Gasteiger partial charge is 0.326 e. The molecule has 1 heterocycles. The van der Waals surface area contributed by atoms with Crippen LogP contribution in [-0.4, -0.2) is 43.5 Å². The summed E-state index contributed by atoms with van der Waals surface area (Å²) in [7, 11) is 0. The van der Waals surface area contributed by atoms with Gasteiger partial charge >= 0.3 is 5.97 Å². The van der Waals surface area contributed by atoms with Crippen molar-refractivity contribution < 1.29 is 14.7 Å². The summed E-state index contributed by atoms with van der Waals surface area (Å²) in [5.41, 5.74) is 1.88. The van der Waals surface area contributed by atoms with Crippen LogP contribution >= 0.6 is 0 Å². The molecule has 0 bridgehead atoms. The molecule has 1 N–H and O–H groups in total. The molecule has 0 saturated heterocycles. The second-order valence-electron chi connectivity index (χ2n) is 5.72. The van der Waals surface area contributed by atoms with Crippen molar-refractivity contribution in [2.75, 3.05) is 0 Å². The van der Waals surface area contributed by atoms with Gasteiger partial charge in [0.2, 0.25) is 5.91 Å². The molecular weight excluding hydrogens is 282 g/mol. The Kier molecular flexibility index (Phi) is 3.83. The Hall–Kier alpha value is -2.37. The van der Waals surface area contributed by atoms with E-state index >= 15 is 0 Å². The van der Waals surface area contributed by atoms with Gasteiger partial charge in [-0.05, 0) is 31.9 Å². The van der Waals surface area contributed by atoms with Crippen molar-refractivity contribution in [2.24, 2.45) is 0 Å². The lowest BCUT2D eigenvalue weighted by molar-refractivity contribution is -0.150. The number of hydrogen-bond donors (Lipinski definition) is 1. The Morgan fingerprint density at radius 1 is 1.41 bits per heavy atom. The standard InChI is InChI=1S/C16H19N3O3/c1-11(16(21)22)19(12-6-7-12)15(20)8-9-18-10-17-13-4-2-3-5-14(13)18/h2-5,10-12H,6-9H2,1H3,(H,21,22). The molecule has 1 aliphatic rings. The van der Waals surface area contributed by atoms with Crippen LogP contribution in [0.5, 0.6) is 0 Å². The van der Waals surface area contributed by atoms with Crippen LogP contribution in [0, 0.1) is 0 Å². The van der Waals surface area contributed by atoms with E-state index in [1.54, 1.807) is 13.3 Å². The number of carboxylic acids is 1. The van der Waals surface area contributed by atoms with Crippen molar-refractivity contribution in [2.45, 2.75) is 44.8 Å². The SMILES string of the molecule is CC(C(=O)O)N(C(=O)CCn1cnc2ccccc21)C1CC1. The van der Waals surface area contributed by atoms with Crippen LogP contribution in [0.4, 0.5) is 0 Å². The molecule has 1 fully saturated rings. The maximum atomic E-state index is 12.4. The number of imidazole rings is 1.